The summed E-state index contributed by atoms with van der Waals surface area (Å²) >= 11 is 12.4. The summed E-state index contributed by atoms with van der Waals surface area (Å²) in [7, 11) is -2.72. The molecule has 43 heavy (non-hydrogen) atoms. The number of sulfonamides is 1. The molecule has 1 atom stereocenters. The Bertz CT molecular complexity index is 1680. The Morgan fingerprint density at radius 2 is 1.40 bits per heavy atom. The zero-order valence-corrected chi connectivity index (χ0v) is 26.5. The van der Waals surface area contributed by atoms with Crippen LogP contribution in [-0.2, 0) is 32.6 Å². The molecule has 0 aliphatic heterocycles. The number of nitrogens with zero attached hydrogens (tertiary/aromatic N) is 2. The number of nitrogens with one attached hydrogen (secondary N) is 1. The van der Waals surface area contributed by atoms with E-state index in [1.54, 1.807) is 12.1 Å². The van der Waals surface area contributed by atoms with Crippen LogP contribution in [0.1, 0.15) is 22.3 Å². The number of hydrogen-bond donors (Lipinski definition) is 1. The van der Waals surface area contributed by atoms with Gasteiger partial charge in [-0.25, -0.2) is 8.42 Å². The van der Waals surface area contributed by atoms with Crippen LogP contribution in [0, 0.1) is 13.8 Å². The molecule has 4 aromatic carbocycles. The van der Waals surface area contributed by atoms with Gasteiger partial charge in [0, 0.05) is 20.0 Å². The van der Waals surface area contributed by atoms with Crippen molar-refractivity contribution in [3.8, 4) is 0 Å². The number of benzene rings is 4. The highest BCUT2D eigenvalue weighted by atomic mass is 35.5. The van der Waals surface area contributed by atoms with Crippen molar-refractivity contribution in [2.45, 2.75) is 37.8 Å². The fourth-order valence-corrected chi connectivity index (χ4v) is 6.32. The van der Waals surface area contributed by atoms with Gasteiger partial charge >= 0.3 is 0 Å². The zero-order chi connectivity index (χ0) is 31.1. The van der Waals surface area contributed by atoms with Crippen molar-refractivity contribution in [2.75, 3.05) is 17.9 Å². The monoisotopic (exact) mass is 637 g/mol. The minimum Gasteiger partial charge on any atom is -0.357 e. The van der Waals surface area contributed by atoms with Crippen LogP contribution in [0.2, 0.25) is 10.0 Å². The first-order valence-corrected chi connectivity index (χ1v) is 15.8. The maximum atomic E-state index is 14.3. The molecule has 0 spiro atoms. The van der Waals surface area contributed by atoms with Crippen LogP contribution >= 0.6 is 23.2 Å². The molecule has 0 aliphatic rings. The standard InChI is InChI=1S/C33H33Cl2N3O4S/c1-23-9-13-26(14-10-23)21-37(31(33(40)36-3)19-25-7-5-4-6-8-25)32(39)22-38(27-15-18-29(34)30(35)20-27)43(41,42)28-16-11-24(2)12-17-28/h4-18,20,31H,19,21-22H2,1-3H3,(H,36,40). The highest BCUT2D eigenvalue weighted by Gasteiger charge is 2.34. The Morgan fingerprint density at radius 3 is 1.98 bits per heavy atom. The van der Waals surface area contributed by atoms with Crippen LogP contribution < -0.4 is 9.62 Å². The third-order valence-electron chi connectivity index (χ3n) is 7.07. The molecule has 7 nitrogen and oxygen atoms in total. The van der Waals surface area contributed by atoms with Crippen LogP contribution in [0.5, 0.6) is 0 Å². The summed E-state index contributed by atoms with van der Waals surface area (Å²) in [4.78, 5) is 29.1. The molecule has 1 unspecified atom stereocenters. The van der Waals surface area contributed by atoms with E-state index in [9.17, 15) is 18.0 Å². The molecule has 224 valence electrons. The van der Waals surface area contributed by atoms with Gasteiger partial charge in [0.25, 0.3) is 10.0 Å². The number of aryl methyl sites for hydroxylation is 2. The molecule has 0 fully saturated rings. The predicted molar refractivity (Wildman–Crippen MR) is 172 cm³/mol. The molecule has 0 aliphatic carbocycles. The third-order valence-corrected chi connectivity index (χ3v) is 9.60. The van der Waals surface area contributed by atoms with E-state index in [1.165, 1.54) is 42.3 Å². The average molecular weight is 639 g/mol. The smallest absolute Gasteiger partial charge is 0.264 e. The quantitative estimate of drug-likeness (QED) is 0.212. The van der Waals surface area contributed by atoms with Gasteiger partial charge in [-0.3, -0.25) is 13.9 Å². The van der Waals surface area contributed by atoms with Gasteiger partial charge in [0.05, 0.1) is 20.6 Å². The largest absolute Gasteiger partial charge is 0.357 e. The van der Waals surface area contributed by atoms with Crippen molar-refractivity contribution >= 4 is 50.7 Å². The van der Waals surface area contributed by atoms with E-state index in [4.69, 9.17) is 23.2 Å². The zero-order valence-electron chi connectivity index (χ0n) is 24.1. The van der Waals surface area contributed by atoms with E-state index in [1.807, 2.05) is 68.4 Å². The van der Waals surface area contributed by atoms with Crippen LogP contribution in [-0.4, -0.2) is 44.8 Å². The lowest BCUT2D eigenvalue weighted by molar-refractivity contribution is -0.139. The van der Waals surface area contributed by atoms with Gasteiger partial charge < -0.3 is 10.2 Å². The van der Waals surface area contributed by atoms with Gasteiger partial charge in [0.15, 0.2) is 0 Å². The number of amides is 2. The second kappa shape index (κ2) is 14.1. The fourth-order valence-electron chi connectivity index (χ4n) is 4.62. The van der Waals surface area contributed by atoms with Gasteiger partial charge in [0.1, 0.15) is 12.6 Å². The Hall–Kier alpha value is -3.85. The van der Waals surface area contributed by atoms with Gasteiger partial charge in [-0.15, -0.1) is 0 Å². The summed E-state index contributed by atoms with van der Waals surface area (Å²) in [5, 5.41) is 3.06. The van der Waals surface area contributed by atoms with E-state index in [0.29, 0.717) is 0 Å². The van der Waals surface area contributed by atoms with Crippen molar-refractivity contribution in [2.24, 2.45) is 0 Å². The third kappa shape index (κ3) is 7.96. The first-order chi connectivity index (χ1) is 20.5. The first kappa shape index (κ1) is 32.1. The minimum absolute atomic E-state index is 0.00851. The van der Waals surface area contributed by atoms with Crippen LogP contribution in [0.15, 0.2) is 102 Å². The predicted octanol–water partition coefficient (Wildman–Crippen LogP) is 6.19. The Labute approximate surface area is 263 Å². The van der Waals surface area contributed by atoms with E-state index in [-0.39, 0.29) is 39.5 Å². The molecular weight excluding hydrogens is 605 g/mol. The van der Waals surface area contributed by atoms with Crippen LogP contribution in [0.4, 0.5) is 5.69 Å². The van der Waals surface area contributed by atoms with Crippen LogP contribution in [0.3, 0.4) is 0 Å². The second-order valence-electron chi connectivity index (χ2n) is 10.3. The Morgan fingerprint density at radius 1 is 0.791 bits per heavy atom. The topological polar surface area (TPSA) is 86.8 Å². The van der Waals surface area contributed by atoms with Crippen molar-refractivity contribution in [3.63, 3.8) is 0 Å². The summed E-state index contributed by atoms with van der Waals surface area (Å²) in [5.41, 5.74) is 3.74. The molecule has 0 saturated carbocycles. The van der Waals surface area contributed by atoms with Gasteiger partial charge in [-0.1, -0.05) is 101 Å². The van der Waals surface area contributed by atoms with E-state index in [2.05, 4.69) is 5.32 Å². The normalized spacial score (nSPS) is 11.9. The molecule has 0 aromatic heterocycles. The van der Waals surface area contributed by atoms with Crippen molar-refractivity contribution < 1.29 is 18.0 Å². The summed E-state index contributed by atoms with van der Waals surface area (Å²) in [6.45, 7) is 3.32. The number of carbonyl (C=O) groups excluding carboxylic acids is 2. The van der Waals surface area contributed by atoms with Crippen LogP contribution in [0.25, 0.3) is 0 Å². The highest BCUT2D eigenvalue weighted by molar-refractivity contribution is 7.92. The number of rotatable bonds is 11. The molecule has 2 amide bonds. The second-order valence-corrected chi connectivity index (χ2v) is 12.9. The van der Waals surface area contributed by atoms with Crippen molar-refractivity contribution in [1.82, 2.24) is 10.2 Å². The Balaban J connectivity index is 1.80. The number of anilines is 1. The van der Waals surface area contributed by atoms with E-state index < -0.39 is 28.5 Å². The molecule has 4 aromatic rings. The molecule has 0 radical (unpaired) electrons. The maximum Gasteiger partial charge on any atom is 0.264 e. The molecule has 4 rings (SSSR count). The SMILES string of the molecule is CNC(=O)C(Cc1ccccc1)N(Cc1ccc(C)cc1)C(=O)CN(c1ccc(Cl)c(Cl)c1)S(=O)(=O)c1ccc(C)cc1. The van der Waals surface area contributed by atoms with Crippen molar-refractivity contribution in [1.29, 1.82) is 0 Å². The molecule has 0 saturated heterocycles. The first-order valence-electron chi connectivity index (χ1n) is 13.6. The lowest BCUT2D eigenvalue weighted by Gasteiger charge is -2.33. The molecular formula is C33H33Cl2N3O4S. The summed E-state index contributed by atoms with van der Waals surface area (Å²) in [6, 6.07) is 26.8. The van der Waals surface area contributed by atoms with Gasteiger partial charge in [0.2, 0.25) is 11.8 Å². The van der Waals surface area contributed by atoms with Gasteiger partial charge in [-0.2, -0.15) is 0 Å². The minimum atomic E-state index is -4.23. The summed E-state index contributed by atoms with van der Waals surface area (Å²) in [5.74, 6) is -0.932. The Kier molecular flexibility index (Phi) is 10.5. The van der Waals surface area contributed by atoms with E-state index in [0.717, 1.165) is 26.6 Å². The summed E-state index contributed by atoms with van der Waals surface area (Å²) in [6.07, 6.45) is 0.232. The number of likely N-dealkylation sites (N-methyl/N-ethyl adjacent to an activating group) is 1. The average Bonchev–Trinajstić information content (AvgIpc) is 3.00. The summed E-state index contributed by atoms with van der Waals surface area (Å²) < 4.78 is 29.1. The van der Waals surface area contributed by atoms with Crippen molar-refractivity contribution in [3.05, 3.63) is 129 Å². The van der Waals surface area contributed by atoms with Gasteiger partial charge in [-0.05, 0) is 55.3 Å². The number of carbonyl (C=O) groups is 2. The molecule has 10 heteroatoms. The van der Waals surface area contributed by atoms with E-state index >= 15 is 0 Å². The fraction of sp³-hybridized carbons (Fsp3) is 0.212. The molecule has 0 bridgehead atoms. The molecule has 0 heterocycles. The lowest BCUT2D eigenvalue weighted by atomic mass is 10.0. The lowest BCUT2D eigenvalue weighted by Crippen LogP contribution is -2.53. The number of halogens is 2. The number of hydrogen-bond acceptors (Lipinski definition) is 4. The maximum absolute atomic E-state index is 14.3. The highest BCUT2D eigenvalue weighted by Crippen LogP contribution is 2.31. The molecule has 1 N–H and O–H groups in total.